The summed E-state index contributed by atoms with van der Waals surface area (Å²) in [5, 5.41) is 7.35. The summed E-state index contributed by atoms with van der Waals surface area (Å²) in [6, 6.07) is 11.7. The molecule has 0 spiro atoms. The predicted octanol–water partition coefficient (Wildman–Crippen LogP) is 3.66. The van der Waals surface area contributed by atoms with Crippen molar-refractivity contribution in [1.82, 2.24) is 15.6 Å². The summed E-state index contributed by atoms with van der Waals surface area (Å²) in [5.74, 6) is 1.39. The van der Waals surface area contributed by atoms with Gasteiger partial charge < -0.3 is 15.4 Å². The number of benzene rings is 1. The van der Waals surface area contributed by atoms with E-state index in [9.17, 15) is 0 Å². The Morgan fingerprint density at radius 1 is 1.16 bits per heavy atom. The molecule has 0 radical (unpaired) electrons. The molecule has 0 saturated carbocycles. The van der Waals surface area contributed by atoms with Gasteiger partial charge in [0.1, 0.15) is 0 Å². The van der Waals surface area contributed by atoms with Gasteiger partial charge in [0.25, 0.3) is 0 Å². The highest BCUT2D eigenvalue weighted by Crippen LogP contribution is 2.10. The van der Waals surface area contributed by atoms with Crippen LogP contribution in [0.1, 0.15) is 18.1 Å². The summed E-state index contributed by atoms with van der Waals surface area (Å²) in [4.78, 5) is 8.69. The number of guanidine groups is 1. The van der Waals surface area contributed by atoms with Crippen molar-refractivity contribution in [1.29, 1.82) is 0 Å². The van der Waals surface area contributed by atoms with Gasteiger partial charge in [-0.05, 0) is 42.7 Å². The van der Waals surface area contributed by atoms with Crippen LogP contribution in [0.25, 0.3) is 0 Å². The van der Waals surface area contributed by atoms with Crippen LogP contribution in [-0.2, 0) is 13.0 Å². The monoisotopic (exact) mass is 474 g/mol. The Balaban J connectivity index is 0.00000312. The lowest BCUT2D eigenvalue weighted by molar-refractivity contribution is 0.397. The van der Waals surface area contributed by atoms with E-state index >= 15 is 0 Å². The van der Waals surface area contributed by atoms with E-state index in [0.717, 1.165) is 36.1 Å². The first-order valence-corrected chi connectivity index (χ1v) is 8.34. The third-order valence-corrected chi connectivity index (χ3v) is 3.64. The van der Waals surface area contributed by atoms with Gasteiger partial charge in [0.05, 0.1) is 13.7 Å². The molecule has 1 aromatic carbocycles. The lowest BCUT2D eigenvalue weighted by Gasteiger charge is -2.11. The third-order valence-electron chi connectivity index (χ3n) is 3.39. The first-order chi connectivity index (χ1) is 11.7. The molecular formula is C18H24ClIN4O. The van der Waals surface area contributed by atoms with Crippen LogP contribution in [0.5, 0.6) is 5.88 Å². The minimum absolute atomic E-state index is 0. The van der Waals surface area contributed by atoms with Crippen LogP contribution in [0.3, 0.4) is 0 Å². The van der Waals surface area contributed by atoms with Crippen LogP contribution in [0, 0.1) is 0 Å². The number of hydrogen-bond acceptors (Lipinski definition) is 3. The largest absolute Gasteiger partial charge is 0.481 e. The summed E-state index contributed by atoms with van der Waals surface area (Å²) in [6.07, 6.45) is 2.63. The highest BCUT2D eigenvalue weighted by Gasteiger charge is 2.00. The van der Waals surface area contributed by atoms with Gasteiger partial charge in [0, 0.05) is 30.4 Å². The molecule has 136 valence electrons. The summed E-state index contributed by atoms with van der Waals surface area (Å²) < 4.78 is 5.13. The summed E-state index contributed by atoms with van der Waals surface area (Å²) in [7, 11) is 1.61. The minimum atomic E-state index is 0. The fraction of sp³-hybridized carbons (Fsp3) is 0.333. The smallest absolute Gasteiger partial charge is 0.213 e. The molecule has 2 aromatic rings. The zero-order chi connectivity index (χ0) is 17.2. The van der Waals surface area contributed by atoms with E-state index in [4.69, 9.17) is 16.3 Å². The van der Waals surface area contributed by atoms with Crippen molar-refractivity contribution < 1.29 is 4.74 Å². The second-order valence-electron chi connectivity index (χ2n) is 5.20. The van der Waals surface area contributed by atoms with Crippen molar-refractivity contribution in [3.8, 4) is 5.88 Å². The molecule has 0 aliphatic rings. The first-order valence-electron chi connectivity index (χ1n) is 7.97. The lowest BCUT2D eigenvalue weighted by Crippen LogP contribution is -2.38. The Morgan fingerprint density at radius 3 is 2.60 bits per heavy atom. The van der Waals surface area contributed by atoms with E-state index in [2.05, 4.69) is 20.6 Å². The first kappa shape index (κ1) is 21.5. The third kappa shape index (κ3) is 7.92. The quantitative estimate of drug-likeness (QED) is 0.365. The predicted molar refractivity (Wildman–Crippen MR) is 114 cm³/mol. The number of nitrogens with zero attached hydrogens (tertiary/aromatic N) is 2. The zero-order valence-corrected chi connectivity index (χ0v) is 17.5. The maximum atomic E-state index is 5.90. The van der Waals surface area contributed by atoms with E-state index in [0.29, 0.717) is 12.4 Å². The average molecular weight is 475 g/mol. The summed E-state index contributed by atoms with van der Waals surface area (Å²) in [6.45, 7) is 4.22. The van der Waals surface area contributed by atoms with E-state index in [1.807, 2.05) is 43.3 Å². The highest BCUT2D eigenvalue weighted by atomic mass is 127. The number of nitrogens with one attached hydrogen (secondary N) is 2. The van der Waals surface area contributed by atoms with Crippen LogP contribution in [-0.4, -0.2) is 31.1 Å². The van der Waals surface area contributed by atoms with Crippen molar-refractivity contribution in [2.24, 2.45) is 4.99 Å². The van der Waals surface area contributed by atoms with E-state index in [1.165, 1.54) is 5.56 Å². The van der Waals surface area contributed by atoms with Gasteiger partial charge in [-0.2, -0.15) is 0 Å². The fourth-order valence-corrected chi connectivity index (χ4v) is 2.27. The van der Waals surface area contributed by atoms with Gasteiger partial charge in [-0.15, -0.1) is 24.0 Å². The number of aliphatic imine (C=N–C) groups is 1. The molecule has 0 aliphatic carbocycles. The number of rotatable bonds is 7. The molecule has 0 fully saturated rings. The Labute approximate surface area is 171 Å². The van der Waals surface area contributed by atoms with Gasteiger partial charge in [0.15, 0.2) is 5.96 Å². The second kappa shape index (κ2) is 11.9. The van der Waals surface area contributed by atoms with E-state index < -0.39 is 0 Å². The standard InChI is InChI=1S/C18H23ClN4O.HI/c1-3-20-18(22-11-8-14-4-6-16(19)7-5-14)23-13-15-9-10-21-17(12-15)24-2;/h4-7,9-10,12H,3,8,11,13H2,1-2H3,(H2,20,22,23);1H. The number of halogens is 2. The average Bonchev–Trinajstić information content (AvgIpc) is 2.61. The van der Waals surface area contributed by atoms with Gasteiger partial charge in [0.2, 0.25) is 5.88 Å². The Kier molecular flexibility index (Phi) is 10.3. The SMILES string of the molecule is CCNC(=NCc1ccnc(OC)c1)NCCc1ccc(Cl)cc1.I. The second-order valence-corrected chi connectivity index (χ2v) is 5.64. The van der Waals surface area contributed by atoms with Crippen molar-refractivity contribution in [2.45, 2.75) is 19.9 Å². The molecule has 1 heterocycles. The maximum Gasteiger partial charge on any atom is 0.213 e. The van der Waals surface area contributed by atoms with Crippen LogP contribution < -0.4 is 15.4 Å². The van der Waals surface area contributed by atoms with Gasteiger partial charge >= 0.3 is 0 Å². The highest BCUT2D eigenvalue weighted by molar-refractivity contribution is 14.0. The lowest BCUT2D eigenvalue weighted by atomic mass is 10.1. The van der Waals surface area contributed by atoms with Crippen molar-refractivity contribution in [3.05, 3.63) is 58.7 Å². The summed E-state index contributed by atoms with van der Waals surface area (Å²) >= 11 is 5.90. The topological polar surface area (TPSA) is 58.5 Å². The Bertz CT molecular complexity index is 664. The molecule has 0 saturated heterocycles. The molecule has 5 nitrogen and oxygen atoms in total. The van der Waals surface area contributed by atoms with E-state index in [1.54, 1.807) is 13.3 Å². The molecule has 0 atom stereocenters. The van der Waals surface area contributed by atoms with Gasteiger partial charge in [-0.3, -0.25) is 0 Å². The number of hydrogen-bond donors (Lipinski definition) is 2. The molecule has 0 unspecified atom stereocenters. The van der Waals surface area contributed by atoms with Crippen molar-refractivity contribution >= 4 is 41.5 Å². The van der Waals surface area contributed by atoms with Gasteiger partial charge in [-0.1, -0.05) is 23.7 Å². The summed E-state index contributed by atoms with van der Waals surface area (Å²) in [5.41, 5.74) is 2.29. The fourth-order valence-electron chi connectivity index (χ4n) is 2.15. The number of pyridine rings is 1. The molecule has 1 aromatic heterocycles. The zero-order valence-electron chi connectivity index (χ0n) is 14.5. The molecule has 0 bridgehead atoms. The number of aromatic nitrogens is 1. The normalized spacial score (nSPS) is 10.8. The molecule has 2 N–H and O–H groups in total. The molecule has 7 heteroatoms. The van der Waals surface area contributed by atoms with Crippen LogP contribution in [0.4, 0.5) is 0 Å². The Hall–Kier alpha value is -1.54. The number of methoxy groups -OCH3 is 1. The van der Waals surface area contributed by atoms with Crippen LogP contribution in [0.2, 0.25) is 5.02 Å². The van der Waals surface area contributed by atoms with E-state index in [-0.39, 0.29) is 24.0 Å². The van der Waals surface area contributed by atoms with Crippen LogP contribution >= 0.6 is 35.6 Å². The van der Waals surface area contributed by atoms with Crippen LogP contribution in [0.15, 0.2) is 47.6 Å². The van der Waals surface area contributed by atoms with Crippen molar-refractivity contribution in [2.75, 3.05) is 20.2 Å². The molecular weight excluding hydrogens is 451 g/mol. The molecule has 25 heavy (non-hydrogen) atoms. The molecule has 0 amide bonds. The molecule has 2 rings (SSSR count). The number of ether oxygens (including phenoxy) is 1. The van der Waals surface area contributed by atoms with Crippen molar-refractivity contribution in [3.63, 3.8) is 0 Å². The maximum absolute atomic E-state index is 5.90. The minimum Gasteiger partial charge on any atom is -0.481 e. The van der Waals surface area contributed by atoms with Gasteiger partial charge in [-0.25, -0.2) is 9.98 Å². The Morgan fingerprint density at radius 2 is 1.92 bits per heavy atom. The molecule has 0 aliphatic heterocycles.